The molecule has 7 heteroatoms. The van der Waals surface area contributed by atoms with E-state index in [0.29, 0.717) is 31.5 Å². The van der Waals surface area contributed by atoms with Crippen LogP contribution in [0.4, 0.5) is 0 Å². The van der Waals surface area contributed by atoms with E-state index in [9.17, 15) is 8.42 Å². The Kier molecular flexibility index (Phi) is 6.85. The summed E-state index contributed by atoms with van der Waals surface area (Å²) in [5.74, 6) is 1.55. The first kappa shape index (κ1) is 20.2. The zero-order chi connectivity index (χ0) is 18.6. The summed E-state index contributed by atoms with van der Waals surface area (Å²) in [6, 6.07) is 7.69. The van der Waals surface area contributed by atoms with Gasteiger partial charge in [0.05, 0.1) is 7.11 Å². The van der Waals surface area contributed by atoms with Gasteiger partial charge in [-0.05, 0) is 50.0 Å². The molecule has 3 atom stereocenters. The van der Waals surface area contributed by atoms with E-state index >= 15 is 0 Å². The van der Waals surface area contributed by atoms with Crippen LogP contribution in [0.5, 0.6) is 5.75 Å². The summed E-state index contributed by atoms with van der Waals surface area (Å²) >= 11 is 0. The highest BCUT2D eigenvalue weighted by Crippen LogP contribution is 2.24. The van der Waals surface area contributed by atoms with Crippen LogP contribution in [0.2, 0.25) is 0 Å². The summed E-state index contributed by atoms with van der Waals surface area (Å²) < 4.78 is 35.1. The van der Waals surface area contributed by atoms with Crippen molar-refractivity contribution in [3.63, 3.8) is 0 Å². The lowest BCUT2D eigenvalue weighted by Crippen LogP contribution is -2.49. The van der Waals surface area contributed by atoms with Gasteiger partial charge < -0.3 is 9.64 Å². The van der Waals surface area contributed by atoms with Gasteiger partial charge in [0.2, 0.25) is 0 Å². The van der Waals surface area contributed by atoms with Crippen LogP contribution in [-0.4, -0.2) is 58.5 Å². The number of piperidine rings is 1. The molecule has 0 amide bonds. The predicted molar refractivity (Wildman–Crippen MR) is 101 cm³/mol. The van der Waals surface area contributed by atoms with Crippen LogP contribution in [0, 0.1) is 11.8 Å². The van der Waals surface area contributed by atoms with Crippen molar-refractivity contribution < 1.29 is 13.2 Å². The Morgan fingerprint density at radius 3 is 2.48 bits per heavy atom. The second-order valence-corrected chi connectivity index (χ2v) is 9.13. The fraction of sp³-hybridized carbons (Fsp3) is 0.667. The molecule has 1 aromatic carbocycles. The Labute approximate surface area is 152 Å². The summed E-state index contributed by atoms with van der Waals surface area (Å²) in [6.07, 6.45) is 1.08. The van der Waals surface area contributed by atoms with Crippen molar-refractivity contribution in [1.82, 2.24) is 13.9 Å². The van der Waals surface area contributed by atoms with Gasteiger partial charge >= 0.3 is 0 Å². The first-order chi connectivity index (χ1) is 11.7. The Bertz CT molecular complexity index is 653. The molecule has 3 unspecified atom stereocenters. The molecule has 0 spiro atoms. The van der Waals surface area contributed by atoms with E-state index in [1.807, 2.05) is 43.3 Å². The maximum atomic E-state index is 12.7. The molecule has 1 N–H and O–H groups in total. The van der Waals surface area contributed by atoms with Gasteiger partial charge in [0.25, 0.3) is 10.2 Å². The number of ether oxygens (including phenoxy) is 1. The minimum absolute atomic E-state index is 0.0653. The van der Waals surface area contributed by atoms with Crippen LogP contribution < -0.4 is 9.46 Å². The zero-order valence-electron chi connectivity index (χ0n) is 15.9. The maximum absolute atomic E-state index is 12.7. The minimum Gasteiger partial charge on any atom is -0.497 e. The van der Waals surface area contributed by atoms with Gasteiger partial charge in [-0.3, -0.25) is 0 Å². The van der Waals surface area contributed by atoms with Crippen LogP contribution in [0.3, 0.4) is 0 Å². The molecule has 6 nitrogen and oxygen atoms in total. The molecule has 0 bridgehead atoms. The number of nitrogens with zero attached hydrogens (tertiary/aromatic N) is 2. The third-order valence-corrected chi connectivity index (χ3v) is 6.25. The topological polar surface area (TPSA) is 61.9 Å². The lowest BCUT2D eigenvalue weighted by molar-refractivity contribution is 0.219. The number of benzene rings is 1. The van der Waals surface area contributed by atoms with Crippen LogP contribution in [0.1, 0.15) is 31.9 Å². The highest BCUT2D eigenvalue weighted by atomic mass is 32.2. The van der Waals surface area contributed by atoms with Crippen LogP contribution >= 0.6 is 0 Å². The standard InChI is InChI=1S/C18H31N3O3S/c1-14-9-15(2)13-21(12-14)25(22,23)19-11-18(20(3)4)16-7-6-8-17(10-16)24-5/h6-8,10,14-15,18-19H,9,11-13H2,1-5H3. The van der Waals surface area contributed by atoms with Crippen molar-refractivity contribution in [3.05, 3.63) is 29.8 Å². The normalized spacial score (nSPS) is 23.6. The Morgan fingerprint density at radius 2 is 1.92 bits per heavy atom. The number of likely N-dealkylation sites (N-methyl/N-ethyl adjacent to an activating group) is 1. The maximum Gasteiger partial charge on any atom is 0.279 e. The van der Waals surface area contributed by atoms with E-state index < -0.39 is 10.2 Å². The number of hydrogen-bond donors (Lipinski definition) is 1. The molecular formula is C18H31N3O3S. The molecule has 0 aliphatic carbocycles. The smallest absolute Gasteiger partial charge is 0.279 e. The SMILES string of the molecule is COc1cccc(C(CNS(=O)(=O)N2CC(C)CC(C)C2)N(C)C)c1. The second-order valence-electron chi connectivity index (χ2n) is 7.37. The summed E-state index contributed by atoms with van der Waals surface area (Å²) in [5, 5.41) is 0. The van der Waals surface area contributed by atoms with E-state index in [1.165, 1.54) is 0 Å². The molecule has 1 heterocycles. The van der Waals surface area contributed by atoms with Gasteiger partial charge in [-0.1, -0.05) is 26.0 Å². The molecule has 1 aliphatic heterocycles. The first-order valence-corrected chi connectivity index (χ1v) is 10.2. The highest BCUT2D eigenvalue weighted by Gasteiger charge is 2.31. The molecule has 25 heavy (non-hydrogen) atoms. The molecular weight excluding hydrogens is 338 g/mol. The van der Waals surface area contributed by atoms with Gasteiger partial charge in [-0.25, -0.2) is 4.72 Å². The largest absolute Gasteiger partial charge is 0.497 e. The second kappa shape index (κ2) is 8.49. The third-order valence-electron chi connectivity index (χ3n) is 4.74. The zero-order valence-corrected chi connectivity index (χ0v) is 16.7. The van der Waals surface area contributed by atoms with Crippen molar-refractivity contribution in [2.45, 2.75) is 26.3 Å². The van der Waals surface area contributed by atoms with Crippen LogP contribution in [-0.2, 0) is 10.2 Å². The van der Waals surface area contributed by atoms with Gasteiger partial charge in [-0.2, -0.15) is 12.7 Å². The molecule has 1 fully saturated rings. The highest BCUT2D eigenvalue weighted by molar-refractivity contribution is 7.87. The number of rotatable bonds is 7. The first-order valence-electron chi connectivity index (χ1n) is 8.78. The Morgan fingerprint density at radius 1 is 1.28 bits per heavy atom. The predicted octanol–water partition coefficient (Wildman–Crippen LogP) is 2.11. The van der Waals surface area contributed by atoms with E-state index in [-0.39, 0.29) is 6.04 Å². The lowest BCUT2D eigenvalue weighted by Gasteiger charge is -2.34. The van der Waals surface area contributed by atoms with Crippen molar-refractivity contribution in [1.29, 1.82) is 0 Å². The lowest BCUT2D eigenvalue weighted by atomic mass is 9.94. The van der Waals surface area contributed by atoms with Crippen molar-refractivity contribution in [2.24, 2.45) is 11.8 Å². The molecule has 1 saturated heterocycles. The summed E-state index contributed by atoms with van der Waals surface area (Å²) in [4.78, 5) is 2.01. The Balaban J connectivity index is 2.09. The van der Waals surface area contributed by atoms with E-state index in [0.717, 1.165) is 17.7 Å². The van der Waals surface area contributed by atoms with Crippen LogP contribution in [0.25, 0.3) is 0 Å². The van der Waals surface area contributed by atoms with Crippen molar-refractivity contribution >= 4 is 10.2 Å². The molecule has 1 aliphatic rings. The average molecular weight is 370 g/mol. The molecule has 2 rings (SSSR count). The summed E-state index contributed by atoms with van der Waals surface area (Å²) in [6.45, 7) is 5.72. The monoisotopic (exact) mass is 369 g/mol. The van der Waals surface area contributed by atoms with E-state index in [4.69, 9.17) is 4.74 Å². The molecule has 0 saturated carbocycles. The molecule has 0 radical (unpaired) electrons. The van der Waals surface area contributed by atoms with Crippen molar-refractivity contribution in [3.8, 4) is 5.75 Å². The summed E-state index contributed by atoms with van der Waals surface area (Å²) in [5.41, 5.74) is 1.02. The minimum atomic E-state index is -3.48. The fourth-order valence-corrected chi connectivity index (χ4v) is 4.98. The van der Waals surface area contributed by atoms with Crippen molar-refractivity contribution in [2.75, 3.05) is 40.8 Å². The van der Waals surface area contributed by atoms with Gasteiger partial charge in [0, 0.05) is 25.7 Å². The molecule has 1 aromatic rings. The molecule has 142 valence electrons. The average Bonchev–Trinajstić information content (AvgIpc) is 2.54. The van der Waals surface area contributed by atoms with E-state index in [2.05, 4.69) is 18.6 Å². The summed E-state index contributed by atoms with van der Waals surface area (Å²) in [7, 11) is 2.05. The number of methoxy groups -OCH3 is 1. The quantitative estimate of drug-likeness (QED) is 0.800. The van der Waals surface area contributed by atoms with Gasteiger partial charge in [0.15, 0.2) is 0 Å². The Hall–Kier alpha value is -1.15. The molecule has 0 aromatic heterocycles. The van der Waals surface area contributed by atoms with Crippen LogP contribution in [0.15, 0.2) is 24.3 Å². The third kappa shape index (κ3) is 5.41. The fourth-order valence-electron chi connectivity index (χ4n) is 3.52. The van der Waals surface area contributed by atoms with E-state index in [1.54, 1.807) is 11.4 Å². The number of nitrogens with one attached hydrogen (secondary N) is 1. The number of hydrogen-bond acceptors (Lipinski definition) is 4. The van der Waals surface area contributed by atoms with Gasteiger partial charge in [-0.15, -0.1) is 0 Å². The van der Waals surface area contributed by atoms with Gasteiger partial charge in [0.1, 0.15) is 5.75 Å².